The maximum absolute atomic E-state index is 12.1. The van der Waals surface area contributed by atoms with Crippen LogP contribution >= 0.6 is 11.6 Å². The molecule has 2 amide bonds. The van der Waals surface area contributed by atoms with Crippen molar-refractivity contribution in [2.24, 2.45) is 0 Å². The molecule has 2 aromatic rings. The zero-order chi connectivity index (χ0) is 18.4. The van der Waals surface area contributed by atoms with E-state index in [0.29, 0.717) is 24.5 Å². The standard InChI is InChI=1S/C20H20ClN3O2/c21-17-9-5-4-8-16(17)14-22-19(25)12-13-24-20(26)11-10-18(23-24)15-6-2-1-3-7-15/h1-10,23H,11-14H2,(H,22,25). The van der Waals surface area contributed by atoms with Crippen molar-refractivity contribution in [3.63, 3.8) is 0 Å². The highest BCUT2D eigenvalue weighted by Gasteiger charge is 2.20. The lowest BCUT2D eigenvalue weighted by molar-refractivity contribution is -0.133. The Bertz CT molecular complexity index is 821. The number of benzene rings is 2. The molecule has 0 bridgehead atoms. The monoisotopic (exact) mass is 369 g/mol. The first-order chi connectivity index (χ1) is 12.6. The first-order valence-electron chi connectivity index (χ1n) is 8.46. The van der Waals surface area contributed by atoms with Crippen LogP contribution < -0.4 is 10.7 Å². The van der Waals surface area contributed by atoms with E-state index < -0.39 is 0 Å². The van der Waals surface area contributed by atoms with Gasteiger partial charge in [0.25, 0.3) is 0 Å². The summed E-state index contributed by atoms with van der Waals surface area (Å²) in [5.74, 6) is -0.182. The average molecular weight is 370 g/mol. The van der Waals surface area contributed by atoms with Crippen LogP contribution in [-0.4, -0.2) is 23.4 Å². The van der Waals surface area contributed by atoms with Crippen LogP contribution in [0.5, 0.6) is 0 Å². The van der Waals surface area contributed by atoms with E-state index in [0.717, 1.165) is 16.8 Å². The number of carbonyl (C=O) groups excluding carboxylic acids is 2. The molecule has 2 N–H and O–H groups in total. The molecule has 0 radical (unpaired) electrons. The predicted molar refractivity (Wildman–Crippen MR) is 102 cm³/mol. The molecule has 1 heterocycles. The molecule has 3 rings (SSSR count). The van der Waals surface area contributed by atoms with Gasteiger partial charge in [-0.15, -0.1) is 0 Å². The Morgan fingerprint density at radius 1 is 1.12 bits per heavy atom. The summed E-state index contributed by atoms with van der Waals surface area (Å²) in [6.07, 6.45) is 2.40. The second-order valence-electron chi connectivity index (χ2n) is 5.96. The van der Waals surface area contributed by atoms with Gasteiger partial charge in [0.05, 0.1) is 12.2 Å². The third kappa shape index (κ3) is 4.64. The molecule has 1 aliphatic rings. The Labute approximate surface area is 157 Å². The van der Waals surface area contributed by atoms with Crippen molar-refractivity contribution in [2.45, 2.75) is 19.4 Å². The van der Waals surface area contributed by atoms with Crippen molar-refractivity contribution >= 4 is 29.1 Å². The molecule has 0 saturated heterocycles. The fourth-order valence-corrected chi connectivity index (χ4v) is 2.87. The molecule has 0 aliphatic carbocycles. The van der Waals surface area contributed by atoms with Gasteiger partial charge in [-0.25, -0.2) is 0 Å². The number of rotatable bonds is 6. The summed E-state index contributed by atoms with van der Waals surface area (Å²) in [6, 6.07) is 17.2. The van der Waals surface area contributed by atoms with Gasteiger partial charge < -0.3 is 5.32 Å². The maximum Gasteiger partial charge on any atom is 0.244 e. The van der Waals surface area contributed by atoms with Crippen molar-refractivity contribution < 1.29 is 9.59 Å². The number of hydrogen-bond donors (Lipinski definition) is 2. The number of hydrogen-bond acceptors (Lipinski definition) is 3. The van der Waals surface area contributed by atoms with E-state index in [1.165, 1.54) is 5.01 Å². The molecule has 1 aliphatic heterocycles. The lowest BCUT2D eigenvalue weighted by Crippen LogP contribution is -2.45. The summed E-state index contributed by atoms with van der Waals surface area (Å²) in [7, 11) is 0. The van der Waals surface area contributed by atoms with Crippen molar-refractivity contribution in [1.82, 2.24) is 15.8 Å². The predicted octanol–water partition coefficient (Wildman–Crippen LogP) is 3.12. The molecule has 0 atom stereocenters. The van der Waals surface area contributed by atoms with Gasteiger partial charge in [0.15, 0.2) is 0 Å². The maximum atomic E-state index is 12.1. The van der Waals surface area contributed by atoms with Crippen molar-refractivity contribution in [3.05, 3.63) is 76.8 Å². The summed E-state index contributed by atoms with van der Waals surface area (Å²) in [5.41, 5.74) is 5.85. The molecule has 6 heteroatoms. The van der Waals surface area contributed by atoms with Gasteiger partial charge in [-0.05, 0) is 23.3 Å². The highest BCUT2D eigenvalue weighted by Crippen LogP contribution is 2.17. The normalized spacial score (nSPS) is 13.8. The van der Waals surface area contributed by atoms with E-state index in [4.69, 9.17) is 11.6 Å². The number of carbonyl (C=O) groups is 2. The van der Waals surface area contributed by atoms with Crippen LogP contribution in [-0.2, 0) is 16.1 Å². The van der Waals surface area contributed by atoms with Crippen LogP contribution in [0.1, 0.15) is 24.0 Å². The minimum Gasteiger partial charge on any atom is -0.352 e. The third-order valence-corrected chi connectivity index (χ3v) is 4.49. The molecular weight excluding hydrogens is 350 g/mol. The summed E-state index contributed by atoms with van der Waals surface area (Å²) in [4.78, 5) is 24.2. The highest BCUT2D eigenvalue weighted by atomic mass is 35.5. The van der Waals surface area contributed by atoms with Crippen LogP contribution in [0.25, 0.3) is 5.70 Å². The zero-order valence-electron chi connectivity index (χ0n) is 14.2. The summed E-state index contributed by atoms with van der Waals surface area (Å²) < 4.78 is 0. The fraction of sp³-hybridized carbons (Fsp3) is 0.200. The van der Waals surface area contributed by atoms with E-state index in [1.54, 1.807) is 6.07 Å². The molecule has 0 saturated carbocycles. The molecule has 2 aromatic carbocycles. The average Bonchev–Trinajstić information content (AvgIpc) is 2.67. The lowest BCUT2D eigenvalue weighted by atomic mass is 10.1. The second-order valence-corrected chi connectivity index (χ2v) is 6.37. The van der Waals surface area contributed by atoms with Crippen LogP contribution in [0, 0.1) is 0 Å². The van der Waals surface area contributed by atoms with Gasteiger partial charge in [0.1, 0.15) is 0 Å². The molecule has 0 fully saturated rings. The van der Waals surface area contributed by atoms with Gasteiger partial charge in [-0.2, -0.15) is 0 Å². The minimum absolute atomic E-state index is 0.0522. The SMILES string of the molecule is O=C(CCN1NC(c2ccccc2)=CCC1=O)NCc1ccccc1Cl. The summed E-state index contributed by atoms with van der Waals surface area (Å²) in [6.45, 7) is 0.673. The molecule has 0 unspecified atom stereocenters. The quantitative estimate of drug-likeness (QED) is 0.822. The van der Waals surface area contributed by atoms with Gasteiger partial charge in [0.2, 0.25) is 11.8 Å². The Hall–Kier alpha value is -2.79. The van der Waals surface area contributed by atoms with E-state index in [-0.39, 0.29) is 18.2 Å². The number of amides is 2. The van der Waals surface area contributed by atoms with Crippen LogP contribution in [0.15, 0.2) is 60.7 Å². The van der Waals surface area contributed by atoms with Crippen molar-refractivity contribution in [2.75, 3.05) is 6.54 Å². The topological polar surface area (TPSA) is 61.4 Å². The van der Waals surface area contributed by atoms with Crippen LogP contribution in [0.2, 0.25) is 5.02 Å². The van der Waals surface area contributed by atoms with Crippen molar-refractivity contribution in [3.8, 4) is 0 Å². The molecule has 5 nitrogen and oxygen atoms in total. The zero-order valence-corrected chi connectivity index (χ0v) is 15.0. The molecular formula is C20H20ClN3O2. The molecule has 26 heavy (non-hydrogen) atoms. The van der Waals surface area contributed by atoms with Gasteiger partial charge >= 0.3 is 0 Å². The van der Waals surface area contributed by atoms with E-state index >= 15 is 0 Å². The first-order valence-corrected chi connectivity index (χ1v) is 8.84. The Morgan fingerprint density at radius 2 is 1.85 bits per heavy atom. The highest BCUT2D eigenvalue weighted by molar-refractivity contribution is 6.31. The van der Waals surface area contributed by atoms with Crippen LogP contribution in [0.3, 0.4) is 0 Å². The Balaban J connectivity index is 1.51. The third-order valence-electron chi connectivity index (χ3n) is 4.12. The molecule has 0 spiro atoms. The van der Waals surface area contributed by atoms with Gasteiger partial charge in [0, 0.05) is 24.4 Å². The second kappa shape index (κ2) is 8.54. The minimum atomic E-state index is -0.129. The smallest absolute Gasteiger partial charge is 0.244 e. The summed E-state index contributed by atoms with van der Waals surface area (Å²) >= 11 is 6.08. The van der Waals surface area contributed by atoms with Gasteiger partial charge in [-0.3, -0.25) is 20.0 Å². The number of nitrogens with one attached hydrogen (secondary N) is 2. The Kier molecular flexibility index (Phi) is 5.92. The lowest BCUT2D eigenvalue weighted by Gasteiger charge is -2.29. The fourth-order valence-electron chi connectivity index (χ4n) is 2.67. The first kappa shape index (κ1) is 18.0. The summed E-state index contributed by atoms with van der Waals surface area (Å²) in [5, 5.41) is 4.95. The van der Waals surface area contributed by atoms with Crippen molar-refractivity contribution in [1.29, 1.82) is 0 Å². The Morgan fingerprint density at radius 3 is 2.62 bits per heavy atom. The number of nitrogens with zero attached hydrogens (tertiary/aromatic N) is 1. The van der Waals surface area contributed by atoms with E-state index in [1.807, 2.05) is 54.6 Å². The van der Waals surface area contributed by atoms with E-state index in [2.05, 4.69) is 10.7 Å². The van der Waals surface area contributed by atoms with Gasteiger partial charge in [-0.1, -0.05) is 60.1 Å². The number of hydrazine groups is 1. The largest absolute Gasteiger partial charge is 0.352 e. The van der Waals surface area contributed by atoms with Crippen LogP contribution in [0.4, 0.5) is 0 Å². The van der Waals surface area contributed by atoms with E-state index in [9.17, 15) is 9.59 Å². The number of halogens is 1. The molecule has 0 aromatic heterocycles. The molecule has 134 valence electrons.